The van der Waals surface area contributed by atoms with E-state index in [9.17, 15) is 22.8 Å². The van der Waals surface area contributed by atoms with Gasteiger partial charge in [0.2, 0.25) is 21.8 Å². The van der Waals surface area contributed by atoms with E-state index in [2.05, 4.69) is 10.0 Å². The minimum Gasteiger partial charge on any atom is -0.465 e. The maximum atomic E-state index is 12.7. The summed E-state index contributed by atoms with van der Waals surface area (Å²) < 4.78 is 32.5. The minimum atomic E-state index is -3.86. The summed E-state index contributed by atoms with van der Waals surface area (Å²) in [6, 6.07) is 14.7. The second-order valence-corrected chi connectivity index (χ2v) is 10.9. The van der Waals surface area contributed by atoms with Gasteiger partial charge in [-0.2, -0.15) is 4.72 Å². The molecule has 12 nitrogen and oxygen atoms in total. The van der Waals surface area contributed by atoms with Crippen molar-refractivity contribution in [3.05, 3.63) is 65.7 Å². The maximum Gasteiger partial charge on any atom is 0.325 e. The van der Waals surface area contributed by atoms with Gasteiger partial charge in [0.1, 0.15) is 11.9 Å². The molecule has 0 radical (unpaired) electrons. The first-order chi connectivity index (χ1) is 18.6. The molecule has 0 spiro atoms. The average Bonchev–Trinajstić information content (AvgIpc) is 2.92. The largest absolute Gasteiger partial charge is 0.465 e. The van der Waals surface area contributed by atoms with Gasteiger partial charge in [-0.3, -0.25) is 19.8 Å². The van der Waals surface area contributed by atoms with Gasteiger partial charge in [-0.1, -0.05) is 30.3 Å². The van der Waals surface area contributed by atoms with Crippen LogP contribution in [0.5, 0.6) is 0 Å². The van der Waals surface area contributed by atoms with Crippen molar-refractivity contribution in [3.63, 3.8) is 0 Å². The van der Waals surface area contributed by atoms with E-state index in [1.54, 1.807) is 31.2 Å². The fraction of sp³-hybridized carbons (Fsp3) is 0.385. The van der Waals surface area contributed by atoms with Crippen LogP contribution in [0, 0.1) is 5.41 Å². The number of hydrogen-bond acceptors (Lipinski definition) is 8. The van der Waals surface area contributed by atoms with Crippen molar-refractivity contribution in [2.24, 2.45) is 5.73 Å². The molecule has 0 aliphatic carbocycles. The lowest BCUT2D eigenvalue weighted by Gasteiger charge is -2.35. The molecule has 1 aliphatic heterocycles. The number of rotatable bonds is 13. The molecule has 2 aromatic carbocycles. The first kappa shape index (κ1) is 29.6. The number of amides is 2. The summed E-state index contributed by atoms with van der Waals surface area (Å²) in [6.07, 6.45) is 0.257. The molecule has 0 saturated carbocycles. The number of ether oxygens (including phenoxy) is 1. The fourth-order valence-corrected chi connectivity index (χ4v) is 5.22. The van der Waals surface area contributed by atoms with Crippen molar-refractivity contribution in [1.29, 1.82) is 5.41 Å². The van der Waals surface area contributed by atoms with E-state index in [4.69, 9.17) is 15.9 Å². The van der Waals surface area contributed by atoms with Gasteiger partial charge in [0.05, 0.1) is 25.4 Å². The number of aryl methyl sites for hydroxylation is 1. The normalized spacial score (nSPS) is 14.5. The lowest BCUT2D eigenvalue weighted by Crippen LogP contribution is -2.54. The Morgan fingerprint density at radius 2 is 1.79 bits per heavy atom. The number of nitrogen functional groups attached to an aromatic ring is 1. The van der Waals surface area contributed by atoms with Gasteiger partial charge in [-0.25, -0.2) is 8.42 Å². The third kappa shape index (κ3) is 9.07. The average molecular weight is 559 g/mol. The molecule has 1 heterocycles. The number of sulfonamides is 1. The predicted octanol–water partition coefficient (Wildman–Crippen LogP) is -0.171. The molecule has 5 N–H and O–H groups in total. The molecule has 0 unspecified atom stereocenters. The Morgan fingerprint density at radius 1 is 1.10 bits per heavy atom. The quantitative estimate of drug-likeness (QED) is 0.149. The number of carbonyl (C=O) groups is 3. The number of anilines is 1. The van der Waals surface area contributed by atoms with Gasteiger partial charge < -0.3 is 25.6 Å². The van der Waals surface area contributed by atoms with Crippen LogP contribution in [0.4, 0.5) is 5.69 Å². The highest BCUT2D eigenvalue weighted by Gasteiger charge is 2.28. The molecular weight excluding hydrogens is 524 g/mol. The van der Waals surface area contributed by atoms with E-state index in [1.165, 1.54) is 4.90 Å². The third-order valence-electron chi connectivity index (χ3n) is 6.10. The number of nitrogens with zero attached hydrogens (tertiary/aromatic N) is 2. The van der Waals surface area contributed by atoms with E-state index in [0.717, 1.165) is 11.3 Å². The second kappa shape index (κ2) is 13.7. The van der Waals surface area contributed by atoms with E-state index in [-0.39, 0.29) is 50.2 Å². The molecule has 1 saturated heterocycles. The summed E-state index contributed by atoms with van der Waals surface area (Å²) in [5.41, 5.74) is 7.70. The lowest BCUT2D eigenvalue weighted by atomic mass is 10.1. The van der Waals surface area contributed by atoms with Crippen molar-refractivity contribution in [2.45, 2.75) is 19.4 Å². The first-order valence-corrected chi connectivity index (χ1v) is 14.2. The van der Waals surface area contributed by atoms with Crippen molar-refractivity contribution in [1.82, 2.24) is 14.9 Å². The molecule has 1 fully saturated rings. The van der Waals surface area contributed by atoms with Crippen LogP contribution in [0.15, 0.2) is 54.6 Å². The summed E-state index contributed by atoms with van der Waals surface area (Å²) in [4.78, 5) is 40.9. The van der Waals surface area contributed by atoms with Gasteiger partial charge in [-0.15, -0.1) is 0 Å². The SMILES string of the molecule is CCOC(=O)[C@H](CNC(=O)CN1CCN(c2ccc(C(=N)N)cc2)CC1=O)NS(=O)(=O)CCc1ccccc1. The minimum absolute atomic E-state index is 0.0429. The van der Waals surface area contributed by atoms with Crippen molar-refractivity contribution < 1.29 is 27.5 Å². The zero-order valence-electron chi connectivity index (χ0n) is 21.8. The number of amidine groups is 1. The van der Waals surface area contributed by atoms with E-state index >= 15 is 0 Å². The Bertz CT molecular complexity index is 1270. The van der Waals surface area contributed by atoms with Crippen LogP contribution in [-0.4, -0.2) is 88.1 Å². The molecule has 2 aromatic rings. The van der Waals surface area contributed by atoms with Gasteiger partial charge in [0.15, 0.2) is 0 Å². The number of benzene rings is 2. The van der Waals surface area contributed by atoms with Gasteiger partial charge in [-0.05, 0) is 43.2 Å². The fourth-order valence-electron chi connectivity index (χ4n) is 3.98. The number of nitrogens with one attached hydrogen (secondary N) is 3. The van der Waals surface area contributed by atoms with Crippen molar-refractivity contribution in [3.8, 4) is 0 Å². The number of esters is 1. The zero-order valence-corrected chi connectivity index (χ0v) is 22.6. The van der Waals surface area contributed by atoms with Crippen LogP contribution < -0.4 is 20.7 Å². The van der Waals surface area contributed by atoms with Crippen LogP contribution in [-0.2, 0) is 35.6 Å². The molecule has 1 atom stereocenters. The van der Waals surface area contributed by atoms with Crippen LogP contribution in [0.2, 0.25) is 0 Å². The molecule has 1 aliphatic rings. The van der Waals surface area contributed by atoms with Crippen LogP contribution in [0.3, 0.4) is 0 Å². The van der Waals surface area contributed by atoms with Crippen LogP contribution >= 0.6 is 0 Å². The third-order valence-corrected chi connectivity index (χ3v) is 7.48. The highest BCUT2D eigenvalue weighted by atomic mass is 32.2. The van der Waals surface area contributed by atoms with Crippen molar-refractivity contribution in [2.75, 3.05) is 50.0 Å². The number of hydrogen-bond donors (Lipinski definition) is 4. The molecule has 13 heteroatoms. The summed E-state index contributed by atoms with van der Waals surface area (Å²) in [6.45, 7) is 1.95. The topological polar surface area (TPSA) is 175 Å². The van der Waals surface area contributed by atoms with E-state index in [1.807, 2.05) is 35.2 Å². The Labute approximate surface area is 228 Å². The first-order valence-electron chi connectivity index (χ1n) is 12.5. The van der Waals surface area contributed by atoms with Gasteiger partial charge in [0, 0.05) is 30.9 Å². The van der Waals surface area contributed by atoms with Gasteiger partial charge >= 0.3 is 5.97 Å². The highest BCUT2D eigenvalue weighted by Crippen LogP contribution is 2.17. The van der Waals surface area contributed by atoms with Crippen LogP contribution in [0.1, 0.15) is 18.1 Å². The monoisotopic (exact) mass is 558 g/mol. The summed E-state index contributed by atoms with van der Waals surface area (Å²) in [5.74, 6) is -1.87. The van der Waals surface area contributed by atoms with E-state index in [0.29, 0.717) is 18.7 Å². The highest BCUT2D eigenvalue weighted by molar-refractivity contribution is 7.89. The lowest BCUT2D eigenvalue weighted by molar-refractivity contribution is -0.145. The smallest absolute Gasteiger partial charge is 0.325 e. The van der Waals surface area contributed by atoms with Crippen LogP contribution in [0.25, 0.3) is 0 Å². The molecular formula is C26H34N6O6S. The molecule has 0 bridgehead atoms. The molecule has 39 heavy (non-hydrogen) atoms. The maximum absolute atomic E-state index is 12.7. The van der Waals surface area contributed by atoms with E-state index < -0.39 is 27.9 Å². The standard InChI is InChI=1S/C26H34N6O6S/c1-2-38-26(35)22(30-39(36,37)15-12-19-6-4-3-5-7-19)16-29-23(33)17-32-14-13-31(18-24(32)34)21-10-8-20(9-11-21)25(27)28/h3-11,22,30H,2,12-18H2,1H3,(H3,27,28)(H,29,33)/t22-/m0/s1. The Morgan fingerprint density at radius 3 is 2.41 bits per heavy atom. The Kier molecular flexibility index (Phi) is 10.4. The van der Waals surface area contributed by atoms with Crippen molar-refractivity contribution >= 4 is 39.3 Å². The Balaban J connectivity index is 1.51. The summed E-state index contributed by atoms with van der Waals surface area (Å²) in [7, 11) is -3.86. The molecule has 0 aromatic heterocycles. The Hall–Kier alpha value is -3.97. The number of piperazine rings is 1. The predicted molar refractivity (Wildman–Crippen MR) is 147 cm³/mol. The second-order valence-electron chi connectivity index (χ2n) is 8.98. The molecule has 2 amide bonds. The number of carbonyl (C=O) groups excluding carboxylic acids is 3. The van der Waals surface area contributed by atoms with Gasteiger partial charge in [0.25, 0.3) is 0 Å². The molecule has 210 valence electrons. The summed E-state index contributed by atoms with van der Waals surface area (Å²) in [5, 5.41) is 10.0. The number of nitrogens with two attached hydrogens (primary N) is 1. The zero-order chi connectivity index (χ0) is 28.4. The molecule has 3 rings (SSSR count). The summed E-state index contributed by atoms with van der Waals surface area (Å²) >= 11 is 0.